The van der Waals surface area contributed by atoms with Gasteiger partial charge >= 0.3 is 56.6 Å². The summed E-state index contributed by atoms with van der Waals surface area (Å²) in [7, 11) is 0. The average Bonchev–Trinajstić information content (AvgIpc) is 1.76. The molecule has 0 aromatic rings. The zero-order valence-corrected chi connectivity index (χ0v) is 7.57. The Balaban J connectivity index is 0.000000250. The van der Waals surface area contributed by atoms with Gasteiger partial charge in [0.25, 0.3) is 0 Å². The Kier molecular flexibility index (Phi) is 6.11. The van der Waals surface area contributed by atoms with Gasteiger partial charge in [0.2, 0.25) is 0 Å². The van der Waals surface area contributed by atoms with Gasteiger partial charge in [0.1, 0.15) is 0 Å². The van der Waals surface area contributed by atoms with Gasteiger partial charge in [0.05, 0.1) is 0 Å². The van der Waals surface area contributed by atoms with Gasteiger partial charge in [-0.2, -0.15) is 0 Å². The quantitative estimate of drug-likeness (QED) is 0.550. The number of aliphatic imine (C=N–C) groups is 1. The zero-order chi connectivity index (χ0) is 3.54. The van der Waals surface area contributed by atoms with Gasteiger partial charge in [-0.25, -0.2) is 0 Å². The summed E-state index contributed by atoms with van der Waals surface area (Å²) in [5.74, 6) is 0. The molecule has 1 radical (unpaired) electrons. The van der Waals surface area contributed by atoms with Crippen LogP contribution >= 0.6 is 0 Å². The molecule has 0 saturated carbocycles. The standard InChI is InChI=1S/C3H2NXe.Re/c1-2-5-3-4-1;/h1-2H;/q-1;. The molecular formula is C3H2NReXe-. The normalized spacial score (nSPS) is 16.0. The Hall–Kier alpha value is 1.64. The Morgan fingerprint density at radius 3 is 2.67 bits per heavy atom. The molecule has 3 heteroatoms. The third-order valence-electron chi connectivity index (χ3n) is 0.277. The van der Waals surface area contributed by atoms with Crippen LogP contribution in [0.2, 0.25) is 0 Å². The maximum absolute atomic E-state index is 3.69. The molecule has 0 saturated heterocycles. The molecule has 0 amide bonds. The molecule has 1 aliphatic heterocycles. The Morgan fingerprint density at radius 2 is 2.50 bits per heavy atom. The van der Waals surface area contributed by atoms with Gasteiger partial charge in [-0.1, -0.05) is 0 Å². The van der Waals surface area contributed by atoms with E-state index in [9.17, 15) is 0 Å². The van der Waals surface area contributed by atoms with Gasteiger partial charge in [-0.15, -0.1) is 0 Å². The predicted molar refractivity (Wildman–Crippen MR) is 16.6 cm³/mol. The minimum atomic E-state index is 0. The van der Waals surface area contributed by atoms with Gasteiger partial charge in [0, 0.05) is 20.4 Å². The van der Waals surface area contributed by atoms with Crippen molar-refractivity contribution in [2.24, 2.45) is 4.99 Å². The van der Waals surface area contributed by atoms with Crippen molar-refractivity contribution in [2.45, 2.75) is 0 Å². The zero-order valence-electron chi connectivity index (χ0n) is 2.83. The first-order valence-electron chi connectivity index (χ1n) is 1.20. The summed E-state index contributed by atoms with van der Waals surface area (Å²) in [6, 6.07) is 0. The summed E-state index contributed by atoms with van der Waals surface area (Å²) in [4.78, 5) is 3.69. The van der Waals surface area contributed by atoms with Crippen LogP contribution < -0.4 is 0 Å². The van der Waals surface area contributed by atoms with Crippen LogP contribution in [0.3, 0.4) is 0 Å². The third kappa shape index (κ3) is 2.76. The summed E-state index contributed by atoms with van der Waals surface area (Å²) < 4.78 is 4.87. The second kappa shape index (κ2) is 4.79. The molecule has 0 atom stereocenters. The van der Waals surface area contributed by atoms with Gasteiger partial charge in [-0.05, 0) is 0 Å². The summed E-state index contributed by atoms with van der Waals surface area (Å²) in [5.41, 5.74) is 0. The summed E-state index contributed by atoms with van der Waals surface area (Å²) in [5, 5.41) is 0. The molecule has 0 aromatic carbocycles. The molecule has 0 spiro atoms. The van der Waals surface area contributed by atoms with E-state index < -0.39 is 0 Å². The fourth-order valence-corrected chi connectivity index (χ4v) is 0.884. The third-order valence-corrected chi connectivity index (χ3v) is 1.44. The average molecular weight is 370 g/mol. The molecular weight excluding hydrogens is 368 g/mol. The number of hydrogen-bond acceptors (Lipinski definition) is 1. The van der Waals surface area contributed by atoms with Crippen molar-refractivity contribution in [3.63, 3.8) is 0 Å². The Labute approximate surface area is 75.3 Å². The van der Waals surface area contributed by atoms with E-state index in [1.807, 2.05) is 0.544 Å². The van der Waals surface area contributed by atoms with Crippen LogP contribution in [0.4, 0.5) is 0 Å². The molecule has 35 valence electrons. The van der Waals surface area contributed by atoms with Gasteiger partial charge < -0.3 is 0 Å². The minimum Gasteiger partial charge on any atom is 0 e. The monoisotopic (exact) mass is 371 g/mol. The molecule has 0 aromatic heterocycles. The molecule has 0 N–H and O–H groups in total. The number of hydrogen-bond donors (Lipinski definition) is 0. The van der Waals surface area contributed by atoms with E-state index in [0.29, 0.717) is 0 Å². The van der Waals surface area contributed by atoms with Crippen molar-refractivity contribution >= 4 is 0.683 Å². The van der Waals surface area contributed by atoms with E-state index in [0.717, 1.165) is 0 Å². The summed E-state index contributed by atoms with van der Waals surface area (Å²) in [6.07, 6.45) is 1.79. The second-order valence-electron chi connectivity index (χ2n) is 0.577. The molecule has 6 heavy (non-hydrogen) atoms. The van der Waals surface area contributed by atoms with Crippen LogP contribution in [-0.4, -0.2) is 0.683 Å². The minimum absolute atomic E-state index is 0. The fourth-order valence-electron chi connectivity index (χ4n) is 0.132. The molecule has 1 heterocycles. The van der Waals surface area contributed by atoms with Crippen molar-refractivity contribution in [1.82, 2.24) is 0 Å². The molecule has 0 bridgehead atoms. The first kappa shape index (κ1) is 7.64. The van der Waals surface area contributed by atoms with Crippen LogP contribution in [0, 0.1) is 44.2 Å². The van der Waals surface area contributed by atoms with Gasteiger partial charge in [-0.3, -0.25) is 0 Å². The smallest absolute Gasteiger partial charge is 0 e. The number of rotatable bonds is 0. The van der Waals surface area contributed by atoms with Crippen LogP contribution in [0.25, 0.3) is 0 Å². The van der Waals surface area contributed by atoms with Crippen molar-refractivity contribution in [3.8, 4) is 0 Å². The van der Waals surface area contributed by atoms with Crippen molar-refractivity contribution in [3.05, 3.63) is 6.74 Å². The molecule has 0 fully saturated rings. The maximum atomic E-state index is 3.69. The fraction of sp³-hybridized carbons (Fsp3) is 0. The molecule has 0 unspecified atom stereocenters. The van der Waals surface area contributed by atoms with Crippen LogP contribution in [-0.2, 0) is 20.4 Å². The van der Waals surface area contributed by atoms with Crippen LogP contribution in [0.15, 0.2) is 11.7 Å². The Morgan fingerprint density at radius 1 is 1.67 bits per heavy atom. The van der Waals surface area contributed by atoms with E-state index in [4.69, 9.17) is 0 Å². The Bertz CT molecular complexity index is 68.9. The maximum Gasteiger partial charge on any atom is 0 e. The SMILES string of the molecule is [C-]1=NC=C[Xe]1.[Re]. The molecule has 1 aliphatic rings. The molecule has 1 rings (SSSR count). The largest absolute Gasteiger partial charge is 0 e. The van der Waals surface area contributed by atoms with E-state index in [2.05, 4.69) is 5.67 Å². The van der Waals surface area contributed by atoms with Crippen molar-refractivity contribution < 1.29 is 64.6 Å². The van der Waals surface area contributed by atoms with Crippen molar-refractivity contribution in [1.29, 1.82) is 0 Å². The number of nitrogens with zero attached hydrogens (tertiary/aromatic N) is 1. The second-order valence-corrected chi connectivity index (χ2v) is 2.28. The van der Waals surface area contributed by atoms with Gasteiger partial charge in [0.15, 0.2) is 0 Å². The van der Waals surface area contributed by atoms with E-state index in [1.165, 1.54) is 0 Å². The van der Waals surface area contributed by atoms with Crippen LogP contribution in [0.1, 0.15) is 0 Å². The summed E-state index contributed by atoms with van der Waals surface area (Å²) >= 11 is 0.283. The van der Waals surface area contributed by atoms with Crippen molar-refractivity contribution in [2.75, 3.05) is 0 Å². The van der Waals surface area contributed by atoms with E-state index >= 15 is 0 Å². The van der Waals surface area contributed by atoms with Crippen LogP contribution in [0.5, 0.6) is 0 Å². The first-order chi connectivity index (χ1) is 2.50. The first-order valence-corrected chi connectivity index (χ1v) is 3.37. The topological polar surface area (TPSA) is 12.4 Å². The molecule has 1 nitrogen and oxygen atoms in total. The molecule has 0 aliphatic carbocycles. The summed E-state index contributed by atoms with van der Waals surface area (Å²) in [6.45, 7) is 0. The van der Waals surface area contributed by atoms with E-state index in [1.54, 1.807) is 6.20 Å². The predicted octanol–water partition coefficient (Wildman–Crippen LogP) is 0.459. The van der Waals surface area contributed by atoms with E-state index in [-0.39, 0.29) is 64.6 Å².